The van der Waals surface area contributed by atoms with Crippen LogP contribution in [0.4, 0.5) is 5.69 Å². The van der Waals surface area contributed by atoms with Crippen molar-refractivity contribution in [1.82, 2.24) is 10.2 Å². The third-order valence-corrected chi connectivity index (χ3v) is 4.33. The van der Waals surface area contributed by atoms with Crippen LogP contribution in [-0.4, -0.2) is 44.7 Å². The average Bonchev–Trinajstić information content (AvgIpc) is 2.86. The average molecular weight is 245 g/mol. The maximum atomic E-state index is 3.70. The minimum absolute atomic E-state index is 0.510. The van der Waals surface area contributed by atoms with Crippen molar-refractivity contribution in [3.8, 4) is 0 Å². The van der Waals surface area contributed by atoms with Crippen LogP contribution in [0.3, 0.4) is 0 Å². The van der Waals surface area contributed by atoms with Crippen LogP contribution in [0.15, 0.2) is 24.3 Å². The molecule has 0 radical (unpaired) electrons. The zero-order chi connectivity index (χ0) is 12.5. The number of anilines is 1. The summed E-state index contributed by atoms with van der Waals surface area (Å²) in [5.41, 5.74) is 2.69. The zero-order valence-electron chi connectivity index (χ0n) is 11.4. The van der Waals surface area contributed by atoms with E-state index in [4.69, 9.17) is 0 Å². The van der Waals surface area contributed by atoms with E-state index in [1.165, 1.54) is 37.2 Å². The van der Waals surface area contributed by atoms with Gasteiger partial charge in [0, 0.05) is 45.0 Å². The van der Waals surface area contributed by atoms with Gasteiger partial charge in [0.25, 0.3) is 0 Å². The molecule has 2 unspecified atom stereocenters. The Balaban J connectivity index is 1.71. The van der Waals surface area contributed by atoms with Crippen molar-refractivity contribution < 1.29 is 0 Å². The fourth-order valence-corrected chi connectivity index (χ4v) is 3.17. The van der Waals surface area contributed by atoms with E-state index in [-0.39, 0.29) is 0 Å². The van der Waals surface area contributed by atoms with E-state index in [0.717, 1.165) is 12.6 Å². The maximum absolute atomic E-state index is 3.70. The number of fused-ring (bicyclic) bond motifs is 1. The lowest BCUT2D eigenvalue weighted by molar-refractivity contribution is 0.174. The number of hydrogen-bond acceptors (Lipinski definition) is 3. The quantitative estimate of drug-likeness (QED) is 0.858. The van der Waals surface area contributed by atoms with Gasteiger partial charge in [-0.15, -0.1) is 0 Å². The summed E-state index contributed by atoms with van der Waals surface area (Å²) in [7, 11) is 4.17. The summed E-state index contributed by atoms with van der Waals surface area (Å²) < 4.78 is 0. The minimum Gasteiger partial charge on any atom is -0.378 e. The van der Waals surface area contributed by atoms with Crippen LogP contribution < -0.4 is 10.2 Å². The summed E-state index contributed by atoms with van der Waals surface area (Å²) >= 11 is 0. The second-order valence-electron chi connectivity index (χ2n) is 5.74. The summed E-state index contributed by atoms with van der Waals surface area (Å²) in [4.78, 5) is 4.80. The highest BCUT2D eigenvalue weighted by atomic mass is 15.2. The van der Waals surface area contributed by atoms with Crippen LogP contribution in [0.25, 0.3) is 0 Å². The molecule has 0 saturated carbocycles. The van der Waals surface area contributed by atoms with E-state index in [9.17, 15) is 0 Å². The van der Waals surface area contributed by atoms with Gasteiger partial charge in [0.15, 0.2) is 0 Å². The second kappa shape index (κ2) is 4.90. The lowest BCUT2D eigenvalue weighted by Crippen LogP contribution is -2.49. The molecule has 2 heterocycles. The summed E-state index contributed by atoms with van der Waals surface area (Å²) in [6, 6.07) is 10.3. The molecule has 98 valence electrons. The highest BCUT2D eigenvalue weighted by molar-refractivity contribution is 5.46. The molecule has 3 heteroatoms. The first-order valence-corrected chi connectivity index (χ1v) is 6.99. The van der Waals surface area contributed by atoms with Crippen molar-refractivity contribution in [2.24, 2.45) is 0 Å². The van der Waals surface area contributed by atoms with E-state index in [0.29, 0.717) is 6.04 Å². The van der Waals surface area contributed by atoms with E-state index in [1.54, 1.807) is 0 Å². The molecular formula is C15H23N3. The van der Waals surface area contributed by atoms with Crippen molar-refractivity contribution in [3.05, 3.63) is 29.8 Å². The van der Waals surface area contributed by atoms with Gasteiger partial charge < -0.3 is 10.2 Å². The number of hydrogen-bond donors (Lipinski definition) is 1. The molecule has 2 fully saturated rings. The summed E-state index contributed by atoms with van der Waals surface area (Å²) in [5, 5.41) is 3.70. The Kier molecular flexibility index (Phi) is 3.27. The van der Waals surface area contributed by atoms with Crippen LogP contribution in [0, 0.1) is 0 Å². The Bertz CT molecular complexity index is 399. The maximum Gasteiger partial charge on any atom is 0.0450 e. The summed E-state index contributed by atoms with van der Waals surface area (Å²) in [6.45, 7) is 3.62. The van der Waals surface area contributed by atoms with Gasteiger partial charge in [0.1, 0.15) is 0 Å². The molecule has 0 aromatic heterocycles. The van der Waals surface area contributed by atoms with Crippen LogP contribution in [0.2, 0.25) is 0 Å². The first kappa shape index (κ1) is 12.0. The van der Waals surface area contributed by atoms with Crippen LogP contribution in [-0.2, 0) is 0 Å². The zero-order valence-corrected chi connectivity index (χ0v) is 11.4. The molecule has 1 N–H and O–H groups in total. The van der Waals surface area contributed by atoms with E-state index >= 15 is 0 Å². The minimum atomic E-state index is 0.510. The summed E-state index contributed by atoms with van der Waals surface area (Å²) in [6.07, 6.45) is 2.75. The van der Waals surface area contributed by atoms with E-state index in [2.05, 4.69) is 53.5 Å². The molecule has 3 rings (SSSR count). The number of piperazine rings is 1. The summed E-state index contributed by atoms with van der Waals surface area (Å²) in [5.74, 6) is 0. The topological polar surface area (TPSA) is 18.5 Å². The van der Waals surface area contributed by atoms with Gasteiger partial charge in [-0.2, -0.15) is 0 Å². The number of nitrogens with one attached hydrogen (secondary N) is 1. The molecule has 0 bridgehead atoms. The molecule has 0 spiro atoms. The number of nitrogens with zero attached hydrogens (tertiary/aromatic N) is 2. The Morgan fingerprint density at radius 3 is 2.72 bits per heavy atom. The molecule has 0 aliphatic carbocycles. The lowest BCUT2D eigenvalue weighted by atomic mass is 10.0. The van der Waals surface area contributed by atoms with Crippen molar-refractivity contribution >= 4 is 5.69 Å². The predicted molar refractivity (Wildman–Crippen MR) is 76.1 cm³/mol. The Morgan fingerprint density at radius 2 is 2.00 bits per heavy atom. The molecule has 2 aliphatic heterocycles. The van der Waals surface area contributed by atoms with Gasteiger partial charge in [-0.05, 0) is 37.1 Å². The smallest absolute Gasteiger partial charge is 0.0450 e. The van der Waals surface area contributed by atoms with E-state index < -0.39 is 0 Å². The van der Waals surface area contributed by atoms with Crippen LogP contribution >= 0.6 is 0 Å². The van der Waals surface area contributed by atoms with Gasteiger partial charge in [0.2, 0.25) is 0 Å². The number of benzene rings is 1. The number of rotatable bonds is 2. The van der Waals surface area contributed by atoms with Crippen LogP contribution in [0.5, 0.6) is 0 Å². The SMILES string of the molecule is CN(C)c1ccc(C2CN3CCCC3CN2)cc1. The predicted octanol–water partition coefficient (Wildman–Crippen LogP) is 1.86. The van der Waals surface area contributed by atoms with Crippen molar-refractivity contribution in [2.45, 2.75) is 24.9 Å². The Hall–Kier alpha value is -1.06. The molecule has 1 aromatic carbocycles. The van der Waals surface area contributed by atoms with Gasteiger partial charge in [-0.1, -0.05) is 12.1 Å². The van der Waals surface area contributed by atoms with Gasteiger partial charge in [-0.25, -0.2) is 0 Å². The molecule has 2 saturated heterocycles. The normalized spacial score (nSPS) is 28.1. The van der Waals surface area contributed by atoms with Crippen molar-refractivity contribution in [3.63, 3.8) is 0 Å². The first-order chi connectivity index (χ1) is 8.74. The molecular weight excluding hydrogens is 222 g/mol. The highest BCUT2D eigenvalue weighted by Crippen LogP contribution is 2.27. The second-order valence-corrected chi connectivity index (χ2v) is 5.74. The highest BCUT2D eigenvalue weighted by Gasteiger charge is 2.31. The molecule has 18 heavy (non-hydrogen) atoms. The fourth-order valence-electron chi connectivity index (χ4n) is 3.17. The lowest BCUT2D eigenvalue weighted by Gasteiger charge is -2.36. The standard InChI is InChI=1S/C15H23N3/c1-17(2)13-7-5-12(6-8-13)15-11-18-9-3-4-14(18)10-16-15/h5-8,14-16H,3-4,9-11H2,1-2H3. The largest absolute Gasteiger partial charge is 0.378 e. The molecule has 2 atom stereocenters. The van der Waals surface area contributed by atoms with Crippen LogP contribution in [0.1, 0.15) is 24.4 Å². The third kappa shape index (κ3) is 2.25. The third-order valence-electron chi connectivity index (χ3n) is 4.33. The fraction of sp³-hybridized carbons (Fsp3) is 0.600. The van der Waals surface area contributed by atoms with Crippen molar-refractivity contribution in [1.29, 1.82) is 0 Å². The molecule has 1 aromatic rings. The molecule has 0 amide bonds. The first-order valence-electron chi connectivity index (χ1n) is 6.99. The van der Waals surface area contributed by atoms with Gasteiger partial charge in [0.05, 0.1) is 0 Å². The Labute approximate surface area is 110 Å². The van der Waals surface area contributed by atoms with Crippen molar-refractivity contribution in [2.75, 3.05) is 38.6 Å². The molecule has 3 nitrogen and oxygen atoms in total. The van der Waals surface area contributed by atoms with Gasteiger partial charge >= 0.3 is 0 Å². The van der Waals surface area contributed by atoms with E-state index in [1.807, 2.05) is 0 Å². The molecule has 2 aliphatic rings. The Morgan fingerprint density at radius 1 is 1.22 bits per heavy atom. The van der Waals surface area contributed by atoms with Gasteiger partial charge in [-0.3, -0.25) is 4.90 Å². The monoisotopic (exact) mass is 245 g/mol.